The zero-order valence-corrected chi connectivity index (χ0v) is 17.7. The number of para-hydroxylation sites is 1. The Labute approximate surface area is 190 Å². The molecule has 0 spiro atoms. The highest BCUT2D eigenvalue weighted by Gasteiger charge is 2.34. The van der Waals surface area contributed by atoms with Crippen LogP contribution in [0.3, 0.4) is 0 Å². The molecule has 3 amide bonds. The topological polar surface area (TPSA) is 87.7 Å². The fourth-order valence-corrected chi connectivity index (χ4v) is 3.50. The first-order chi connectivity index (χ1) is 15.5. The monoisotopic (exact) mass is 445 g/mol. The Morgan fingerprint density at radius 2 is 1.47 bits per heavy atom. The Kier molecular flexibility index (Phi) is 6.23. The second-order valence-corrected chi connectivity index (χ2v) is 7.41. The van der Waals surface area contributed by atoms with Gasteiger partial charge < -0.3 is 15.4 Å². The lowest BCUT2D eigenvalue weighted by Crippen LogP contribution is -2.38. The first kappa shape index (κ1) is 21.2. The zero-order valence-electron chi connectivity index (χ0n) is 16.9. The molecule has 0 bridgehead atoms. The minimum absolute atomic E-state index is 0.0266. The van der Waals surface area contributed by atoms with Crippen molar-refractivity contribution in [3.05, 3.63) is 90.0 Å². The zero-order chi connectivity index (χ0) is 22.5. The molecule has 7 nitrogen and oxygen atoms in total. The summed E-state index contributed by atoms with van der Waals surface area (Å²) in [4.78, 5) is 38.1. The predicted octanol–water partition coefficient (Wildman–Crippen LogP) is 3.98. The maximum Gasteiger partial charge on any atom is 0.261 e. The molecule has 0 aromatic heterocycles. The van der Waals surface area contributed by atoms with Crippen LogP contribution >= 0.6 is 12.2 Å². The van der Waals surface area contributed by atoms with Gasteiger partial charge in [0.25, 0.3) is 11.8 Å². The van der Waals surface area contributed by atoms with E-state index in [2.05, 4.69) is 10.6 Å². The second kappa shape index (κ2) is 9.40. The number of fused-ring (bicyclic) bond motifs is 1. The van der Waals surface area contributed by atoms with Gasteiger partial charge in [-0.05, 0) is 48.6 Å². The van der Waals surface area contributed by atoms with E-state index in [9.17, 15) is 14.4 Å². The smallest absolute Gasteiger partial charge is 0.261 e. The third-order valence-electron chi connectivity index (χ3n) is 4.76. The number of thiocarbonyl (C=S) groups is 1. The van der Waals surface area contributed by atoms with Crippen LogP contribution in [0.2, 0.25) is 0 Å². The van der Waals surface area contributed by atoms with E-state index in [1.807, 2.05) is 36.4 Å². The summed E-state index contributed by atoms with van der Waals surface area (Å²) in [6, 6.07) is 23.1. The molecule has 1 aliphatic rings. The lowest BCUT2D eigenvalue weighted by molar-refractivity contribution is -0.119. The molecule has 0 fully saturated rings. The molecule has 32 heavy (non-hydrogen) atoms. The third kappa shape index (κ3) is 4.81. The van der Waals surface area contributed by atoms with E-state index >= 15 is 0 Å². The van der Waals surface area contributed by atoms with Gasteiger partial charge in [-0.1, -0.05) is 36.4 Å². The van der Waals surface area contributed by atoms with E-state index in [1.165, 1.54) is 0 Å². The number of anilines is 1. The second-order valence-electron chi connectivity index (χ2n) is 7.00. The van der Waals surface area contributed by atoms with E-state index in [1.54, 1.807) is 42.5 Å². The average Bonchev–Trinajstić information content (AvgIpc) is 3.03. The van der Waals surface area contributed by atoms with Gasteiger partial charge in [0.15, 0.2) is 5.11 Å². The molecular weight excluding hydrogens is 426 g/mol. The van der Waals surface area contributed by atoms with E-state index in [-0.39, 0.29) is 18.1 Å². The number of hydrogen-bond acceptors (Lipinski definition) is 5. The number of carbonyl (C=O) groups excluding carboxylic acids is 3. The molecule has 160 valence electrons. The number of amides is 3. The van der Waals surface area contributed by atoms with E-state index in [4.69, 9.17) is 17.0 Å². The molecule has 4 rings (SSSR count). The maximum atomic E-state index is 12.4. The van der Waals surface area contributed by atoms with Crippen molar-refractivity contribution in [2.75, 3.05) is 11.9 Å². The standard InChI is InChI=1S/C24H19N3O4S/c28-21(13-14-27-22(29)19-11-4-5-12-20(19)23(27)30)26-24(32)25-16-7-6-10-18(15-16)31-17-8-2-1-3-9-17/h1-12,15H,13-14H2,(H2,25,26,28,32). The summed E-state index contributed by atoms with van der Waals surface area (Å²) in [6.07, 6.45) is -0.0650. The molecule has 3 aromatic rings. The van der Waals surface area contributed by atoms with Crippen LogP contribution in [-0.2, 0) is 4.79 Å². The van der Waals surface area contributed by atoms with Gasteiger partial charge in [0.05, 0.1) is 11.1 Å². The van der Waals surface area contributed by atoms with Crippen molar-refractivity contribution in [1.82, 2.24) is 10.2 Å². The largest absolute Gasteiger partial charge is 0.457 e. The normalized spacial score (nSPS) is 12.3. The van der Waals surface area contributed by atoms with Crippen molar-refractivity contribution in [1.29, 1.82) is 0 Å². The Morgan fingerprint density at radius 1 is 0.844 bits per heavy atom. The van der Waals surface area contributed by atoms with Crippen molar-refractivity contribution in [3.63, 3.8) is 0 Å². The van der Waals surface area contributed by atoms with Crippen LogP contribution < -0.4 is 15.4 Å². The first-order valence-electron chi connectivity index (χ1n) is 9.90. The highest BCUT2D eigenvalue weighted by molar-refractivity contribution is 7.80. The summed E-state index contributed by atoms with van der Waals surface area (Å²) in [6.45, 7) is -0.0266. The van der Waals surface area contributed by atoms with E-state index in [0.717, 1.165) is 4.90 Å². The van der Waals surface area contributed by atoms with Gasteiger partial charge in [-0.15, -0.1) is 0 Å². The third-order valence-corrected chi connectivity index (χ3v) is 4.97. The minimum Gasteiger partial charge on any atom is -0.457 e. The predicted molar refractivity (Wildman–Crippen MR) is 124 cm³/mol. The van der Waals surface area contributed by atoms with Crippen LogP contribution in [0.25, 0.3) is 0 Å². The van der Waals surface area contributed by atoms with Gasteiger partial charge >= 0.3 is 0 Å². The molecule has 0 atom stereocenters. The summed E-state index contributed by atoms with van der Waals surface area (Å²) in [5.41, 5.74) is 1.35. The molecule has 2 N–H and O–H groups in total. The SMILES string of the molecule is O=C(CCN1C(=O)c2ccccc2C1=O)NC(=S)Nc1cccc(Oc2ccccc2)c1. The molecule has 3 aromatic carbocycles. The molecule has 0 unspecified atom stereocenters. The summed E-state index contributed by atoms with van der Waals surface area (Å²) in [5, 5.41) is 5.60. The molecule has 8 heteroatoms. The number of ether oxygens (including phenoxy) is 1. The first-order valence-corrected chi connectivity index (χ1v) is 10.3. The Balaban J connectivity index is 1.28. The highest BCUT2D eigenvalue weighted by atomic mass is 32.1. The van der Waals surface area contributed by atoms with E-state index in [0.29, 0.717) is 28.3 Å². The Morgan fingerprint density at radius 3 is 2.16 bits per heavy atom. The van der Waals surface area contributed by atoms with Crippen molar-refractivity contribution >= 4 is 40.7 Å². The van der Waals surface area contributed by atoms with E-state index < -0.39 is 17.7 Å². The lowest BCUT2D eigenvalue weighted by atomic mass is 10.1. The van der Waals surface area contributed by atoms with Crippen molar-refractivity contribution < 1.29 is 19.1 Å². The molecule has 1 aliphatic heterocycles. The molecule has 0 aliphatic carbocycles. The van der Waals surface area contributed by atoms with Gasteiger partial charge in [-0.2, -0.15) is 0 Å². The fraction of sp³-hybridized carbons (Fsp3) is 0.0833. The fourth-order valence-electron chi connectivity index (χ4n) is 3.27. The average molecular weight is 446 g/mol. The molecular formula is C24H19N3O4S. The maximum absolute atomic E-state index is 12.4. The van der Waals surface area contributed by atoms with Crippen LogP contribution in [0, 0.1) is 0 Å². The highest BCUT2D eigenvalue weighted by Crippen LogP contribution is 2.24. The van der Waals surface area contributed by atoms with Gasteiger partial charge in [0, 0.05) is 24.7 Å². The van der Waals surface area contributed by atoms with Crippen molar-refractivity contribution in [2.45, 2.75) is 6.42 Å². The number of nitrogens with one attached hydrogen (secondary N) is 2. The van der Waals surface area contributed by atoms with Gasteiger partial charge in [0.2, 0.25) is 5.91 Å². The van der Waals surface area contributed by atoms with Gasteiger partial charge in [-0.25, -0.2) is 0 Å². The van der Waals surface area contributed by atoms with Crippen molar-refractivity contribution in [2.24, 2.45) is 0 Å². The Hall–Kier alpha value is -4.04. The van der Waals surface area contributed by atoms with Crippen LogP contribution in [-0.4, -0.2) is 34.3 Å². The number of imide groups is 1. The summed E-state index contributed by atoms with van der Waals surface area (Å²) < 4.78 is 5.78. The Bertz CT molecular complexity index is 1160. The number of carbonyl (C=O) groups is 3. The summed E-state index contributed by atoms with van der Waals surface area (Å²) >= 11 is 5.21. The molecule has 0 radical (unpaired) electrons. The number of rotatable bonds is 6. The lowest BCUT2D eigenvalue weighted by Gasteiger charge is -2.14. The molecule has 0 saturated carbocycles. The quantitative estimate of drug-likeness (QED) is 0.441. The molecule has 0 saturated heterocycles. The van der Waals surface area contributed by atoms with Gasteiger partial charge in [0.1, 0.15) is 11.5 Å². The number of hydrogen-bond donors (Lipinski definition) is 2. The van der Waals surface area contributed by atoms with Crippen LogP contribution in [0.15, 0.2) is 78.9 Å². The van der Waals surface area contributed by atoms with Crippen LogP contribution in [0.5, 0.6) is 11.5 Å². The minimum atomic E-state index is -0.407. The summed E-state index contributed by atoms with van der Waals surface area (Å²) in [7, 11) is 0. The number of benzene rings is 3. The summed E-state index contributed by atoms with van der Waals surface area (Å²) in [5.74, 6) is 0.119. The number of nitrogens with zero attached hydrogens (tertiary/aromatic N) is 1. The van der Waals surface area contributed by atoms with Crippen LogP contribution in [0.4, 0.5) is 5.69 Å². The van der Waals surface area contributed by atoms with Crippen molar-refractivity contribution in [3.8, 4) is 11.5 Å². The molecule has 1 heterocycles. The van der Waals surface area contributed by atoms with Gasteiger partial charge in [-0.3, -0.25) is 19.3 Å². The van der Waals surface area contributed by atoms with Crippen LogP contribution in [0.1, 0.15) is 27.1 Å².